The zero-order valence-electron chi connectivity index (χ0n) is 20.7. The highest BCUT2D eigenvalue weighted by Crippen LogP contribution is 2.34. The topological polar surface area (TPSA) is 105 Å². The van der Waals surface area contributed by atoms with Crippen molar-refractivity contribution in [1.82, 2.24) is 10.2 Å². The van der Waals surface area contributed by atoms with Crippen molar-refractivity contribution in [3.63, 3.8) is 0 Å². The molecule has 2 aromatic carbocycles. The lowest BCUT2D eigenvalue weighted by molar-refractivity contribution is -0.139. The lowest BCUT2D eigenvalue weighted by atomic mass is 10.1. The third kappa shape index (κ3) is 7.27. The Labute approximate surface area is 217 Å². The molecule has 2 amide bonds. The smallest absolute Gasteiger partial charge is 0.244 e. The predicted molar refractivity (Wildman–Crippen MR) is 139 cm³/mol. The van der Waals surface area contributed by atoms with Crippen LogP contribution in [-0.4, -0.2) is 63.7 Å². The van der Waals surface area contributed by atoms with E-state index in [9.17, 15) is 18.0 Å². The summed E-state index contributed by atoms with van der Waals surface area (Å²) in [6.07, 6.45) is 2.75. The average Bonchev–Trinajstić information content (AvgIpc) is 2.84. The number of halogens is 1. The van der Waals surface area contributed by atoms with Crippen molar-refractivity contribution in [1.29, 1.82) is 0 Å². The Morgan fingerprint density at radius 3 is 2.50 bits per heavy atom. The standard InChI is InChI=1S/C25H32ClN3O6S/c1-4-5-11-27-25(31)18(2)28(16-19-7-6-8-20(26)14-19)24(30)17-29(36(3,32)33)21-9-10-22-23(15-21)35-13-12-34-22/h6-10,14-15,18H,4-5,11-13,16-17H2,1-3H3,(H,27,31)/t18-/m0/s1. The van der Waals surface area contributed by atoms with Crippen molar-refractivity contribution in [2.45, 2.75) is 39.3 Å². The number of benzene rings is 2. The third-order valence-electron chi connectivity index (χ3n) is 5.73. The first-order chi connectivity index (χ1) is 17.1. The fraction of sp³-hybridized carbons (Fsp3) is 0.440. The third-order valence-corrected chi connectivity index (χ3v) is 7.11. The molecule has 9 nitrogen and oxygen atoms in total. The summed E-state index contributed by atoms with van der Waals surface area (Å²) in [6, 6.07) is 10.8. The van der Waals surface area contributed by atoms with Crippen molar-refractivity contribution in [2.75, 3.05) is 36.9 Å². The van der Waals surface area contributed by atoms with E-state index in [-0.39, 0.29) is 18.1 Å². The monoisotopic (exact) mass is 537 g/mol. The molecule has 0 aromatic heterocycles. The van der Waals surface area contributed by atoms with E-state index in [0.29, 0.717) is 41.8 Å². The Bertz CT molecular complexity index is 1190. The van der Waals surface area contributed by atoms with Crippen LogP contribution >= 0.6 is 11.6 Å². The number of carbonyl (C=O) groups excluding carboxylic acids is 2. The number of anilines is 1. The zero-order valence-corrected chi connectivity index (χ0v) is 22.3. The summed E-state index contributed by atoms with van der Waals surface area (Å²) in [5.74, 6) is 0.0570. The summed E-state index contributed by atoms with van der Waals surface area (Å²) in [5.41, 5.74) is 0.979. The summed E-state index contributed by atoms with van der Waals surface area (Å²) in [6.45, 7) is 4.46. The molecule has 0 aliphatic carbocycles. The number of nitrogens with one attached hydrogen (secondary N) is 1. The van der Waals surface area contributed by atoms with Gasteiger partial charge in [-0.25, -0.2) is 8.42 Å². The van der Waals surface area contributed by atoms with E-state index in [1.807, 2.05) is 6.92 Å². The summed E-state index contributed by atoms with van der Waals surface area (Å²) in [5, 5.41) is 3.34. The molecule has 2 aromatic rings. The van der Waals surface area contributed by atoms with Crippen LogP contribution in [0.15, 0.2) is 42.5 Å². The van der Waals surface area contributed by atoms with Crippen LogP contribution in [-0.2, 0) is 26.2 Å². The van der Waals surface area contributed by atoms with E-state index >= 15 is 0 Å². The highest BCUT2D eigenvalue weighted by Gasteiger charge is 2.30. The van der Waals surface area contributed by atoms with Gasteiger partial charge in [0.25, 0.3) is 0 Å². The first kappa shape index (κ1) is 27.6. The minimum Gasteiger partial charge on any atom is -0.486 e. The van der Waals surface area contributed by atoms with Crippen LogP contribution in [0.25, 0.3) is 0 Å². The lowest BCUT2D eigenvalue weighted by Gasteiger charge is -2.31. The van der Waals surface area contributed by atoms with Gasteiger partial charge in [0.2, 0.25) is 21.8 Å². The Morgan fingerprint density at radius 1 is 1.11 bits per heavy atom. The molecule has 0 radical (unpaired) electrons. The second-order valence-electron chi connectivity index (χ2n) is 8.57. The van der Waals surface area contributed by atoms with Crippen LogP contribution in [0.3, 0.4) is 0 Å². The molecule has 0 spiro atoms. The quantitative estimate of drug-likeness (QED) is 0.441. The minimum absolute atomic E-state index is 0.0838. The van der Waals surface area contributed by atoms with Gasteiger partial charge in [0.1, 0.15) is 25.8 Å². The number of unbranched alkanes of at least 4 members (excludes halogenated alkanes) is 1. The summed E-state index contributed by atoms with van der Waals surface area (Å²) in [4.78, 5) is 27.8. The van der Waals surface area contributed by atoms with Gasteiger partial charge in [-0.15, -0.1) is 0 Å². The second kappa shape index (κ2) is 12.3. The van der Waals surface area contributed by atoms with E-state index in [0.717, 1.165) is 23.4 Å². The van der Waals surface area contributed by atoms with Gasteiger partial charge in [-0.2, -0.15) is 0 Å². The predicted octanol–water partition coefficient (Wildman–Crippen LogP) is 3.21. The summed E-state index contributed by atoms with van der Waals surface area (Å²) >= 11 is 6.12. The molecular weight excluding hydrogens is 506 g/mol. The van der Waals surface area contributed by atoms with Gasteiger partial charge >= 0.3 is 0 Å². The van der Waals surface area contributed by atoms with E-state index in [1.165, 1.54) is 11.0 Å². The van der Waals surface area contributed by atoms with Gasteiger partial charge in [0.15, 0.2) is 11.5 Å². The molecule has 1 aliphatic heterocycles. The van der Waals surface area contributed by atoms with Crippen molar-refractivity contribution in [3.05, 3.63) is 53.1 Å². The van der Waals surface area contributed by atoms with Gasteiger partial charge < -0.3 is 19.7 Å². The maximum Gasteiger partial charge on any atom is 0.244 e. The van der Waals surface area contributed by atoms with Gasteiger partial charge in [0, 0.05) is 24.2 Å². The molecule has 196 valence electrons. The Kier molecular flexibility index (Phi) is 9.44. The van der Waals surface area contributed by atoms with Crippen molar-refractivity contribution in [2.24, 2.45) is 0 Å². The number of rotatable bonds is 11. The van der Waals surface area contributed by atoms with E-state index < -0.39 is 28.5 Å². The van der Waals surface area contributed by atoms with E-state index in [4.69, 9.17) is 21.1 Å². The zero-order chi connectivity index (χ0) is 26.3. The molecule has 0 unspecified atom stereocenters. The molecule has 1 heterocycles. The van der Waals surface area contributed by atoms with Crippen LogP contribution < -0.4 is 19.1 Å². The summed E-state index contributed by atoms with van der Waals surface area (Å²) in [7, 11) is -3.85. The molecule has 0 bridgehead atoms. The van der Waals surface area contributed by atoms with Crippen LogP contribution in [0.1, 0.15) is 32.3 Å². The largest absolute Gasteiger partial charge is 0.486 e. The SMILES string of the molecule is CCCCNC(=O)[C@H](C)N(Cc1cccc(Cl)c1)C(=O)CN(c1ccc2c(c1)OCCO2)S(C)(=O)=O. The molecule has 1 N–H and O–H groups in total. The molecule has 1 aliphatic rings. The number of hydrogen-bond donors (Lipinski definition) is 1. The van der Waals surface area contributed by atoms with Crippen LogP contribution in [0.5, 0.6) is 11.5 Å². The van der Waals surface area contributed by atoms with Gasteiger partial charge in [-0.1, -0.05) is 37.1 Å². The van der Waals surface area contributed by atoms with Crippen molar-refractivity contribution in [3.8, 4) is 11.5 Å². The second-order valence-corrected chi connectivity index (χ2v) is 10.9. The first-order valence-corrected chi connectivity index (χ1v) is 14.0. The lowest BCUT2D eigenvalue weighted by Crippen LogP contribution is -2.51. The number of fused-ring (bicyclic) bond motifs is 1. The molecule has 0 saturated heterocycles. The first-order valence-electron chi connectivity index (χ1n) is 11.8. The Morgan fingerprint density at radius 2 is 1.83 bits per heavy atom. The molecule has 1 atom stereocenters. The molecule has 36 heavy (non-hydrogen) atoms. The highest BCUT2D eigenvalue weighted by molar-refractivity contribution is 7.92. The molecule has 0 saturated carbocycles. The highest BCUT2D eigenvalue weighted by atomic mass is 35.5. The normalized spacial score (nSPS) is 13.6. The van der Waals surface area contributed by atoms with Gasteiger partial charge in [0.05, 0.1) is 11.9 Å². The van der Waals surface area contributed by atoms with E-state index in [2.05, 4.69) is 5.32 Å². The molecule has 11 heteroatoms. The van der Waals surface area contributed by atoms with E-state index in [1.54, 1.807) is 43.3 Å². The number of carbonyl (C=O) groups is 2. The van der Waals surface area contributed by atoms with Gasteiger partial charge in [-0.3, -0.25) is 13.9 Å². The molecule has 3 rings (SSSR count). The van der Waals surface area contributed by atoms with Gasteiger partial charge in [-0.05, 0) is 43.2 Å². The maximum atomic E-state index is 13.6. The minimum atomic E-state index is -3.85. The fourth-order valence-electron chi connectivity index (χ4n) is 3.75. The number of ether oxygens (including phenoxy) is 2. The fourth-order valence-corrected chi connectivity index (χ4v) is 4.81. The van der Waals surface area contributed by atoms with Crippen LogP contribution in [0, 0.1) is 0 Å². The molecule has 0 fully saturated rings. The Balaban J connectivity index is 1.89. The molecular formula is C25H32ClN3O6S. The summed E-state index contributed by atoms with van der Waals surface area (Å²) < 4.78 is 37.5. The van der Waals surface area contributed by atoms with Crippen molar-refractivity contribution < 1.29 is 27.5 Å². The van der Waals surface area contributed by atoms with Crippen LogP contribution in [0.2, 0.25) is 5.02 Å². The average molecular weight is 538 g/mol. The van der Waals surface area contributed by atoms with Crippen LogP contribution in [0.4, 0.5) is 5.69 Å². The van der Waals surface area contributed by atoms with Crippen molar-refractivity contribution >= 4 is 39.1 Å². The number of hydrogen-bond acceptors (Lipinski definition) is 6. The Hall–Kier alpha value is -2.98. The maximum absolute atomic E-state index is 13.6. The number of sulfonamides is 1. The number of nitrogens with zero attached hydrogens (tertiary/aromatic N) is 2. The number of amides is 2.